The lowest BCUT2D eigenvalue weighted by atomic mass is 9.85. The zero-order chi connectivity index (χ0) is 50.4. The molecule has 4 heterocycles. The Balaban J connectivity index is 1.01. The number of unbranched alkanes of at least 4 members (excludes halogenated alkanes) is 18. The van der Waals surface area contributed by atoms with Crippen LogP contribution in [0.5, 0.6) is 0 Å². The molecule has 2 aliphatic heterocycles. The molecular weight excluding hydrogens is 910 g/mol. The highest BCUT2D eigenvalue weighted by atomic mass is 31.2. The van der Waals surface area contributed by atoms with Crippen LogP contribution in [0.25, 0.3) is 22.3 Å². The Labute approximate surface area is 417 Å². The van der Waals surface area contributed by atoms with Gasteiger partial charge in [0.05, 0.1) is 69.9 Å². The Morgan fingerprint density at radius 2 is 1.40 bits per heavy atom. The topological polar surface area (TPSA) is 172 Å². The maximum absolute atomic E-state index is 13.9. The first-order valence-electron chi connectivity index (χ1n) is 26.7. The molecule has 5 rings (SSSR count). The number of rotatable bonds is 36. The number of carbonyl (C=O) groups excluding carboxylic acids is 3. The average Bonchev–Trinajstić information content (AvgIpc) is 3.68. The molecule has 0 N–H and O–H groups in total. The minimum Gasteiger partial charge on any atom is -0.778 e. The Kier molecular flexibility index (Phi) is 23.5. The van der Waals surface area contributed by atoms with Gasteiger partial charge >= 0.3 is 17.9 Å². The van der Waals surface area contributed by atoms with Crippen LogP contribution in [0.2, 0.25) is 0 Å². The van der Waals surface area contributed by atoms with Crippen molar-refractivity contribution in [1.29, 1.82) is 0 Å². The minimum atomic E-state index is -4.13. The number of hydrogen-bond donors (Lipinski definition) is 0. The molecule has 70 heavy (non-hydrogen) atoms. The van der Waals surface area contributed by atoms with Crippen LogP contribution in [0, 0.1) is 0 Å². The normalized spacial score (nSPS) is 16.6. The largest absolute Gasteiger partial charge is 0.778 e. The molecule has 0 saturated carbocycles. The van der Waals surface area contributed by atoms with Crippen LogP contribution >= 0.6 is 7.60 Å². The molecule has 3 aromatic rings. The van der Waals surface area contributed by atoms with Gasteiger partial charge in [0.2, 0.25) is 5.60 Å². The van der Waals surface area contributed by atoms with Crippen molar-refractivity contribution >= 4 is 36.4 Å². The van der Waals surface area contributed by atoms with E-state index in [0.717, 1.165) is 42.1 Å². The number of pyridine rings is 2. The lowest BCUT2D eigenvalue weighted by Crippen LogP contribution is -2.47. The van der Waals surface area contributed by atoms with Gasteiger partial charge in [0.1, 0.15) is 20.3 Å². The number of nitrogens with zero attached hydrogens (tertiary/aromatic N) is 3. The van der Waals surface area contributed by atoms with E-state index in [1.807, 2.05) is 51.5 Å². The first-order chi connectivity index (χ1) is 33.7. The Morgan fingerprint density at radius 3 is 2.03 bits per heavy atom. The number of fused-ring (bicyclic) bond motifs is 5. The van der Waals surface area contributed by atoms with Crippen molar-refractivity contribution in [1.82, 2.24) is 9.55 Å². The van der Waals surface area contributed by atoms with Gasteiger partial charge in [0, 0.05) is 48.5 Å². The Morgan fingerprint density at radius 1 is 0.800 bits per heavy atom. The van der Waals surface area contributed by atoms with E-state index >= 15 is 0 Å². The minimum absolute atomic E-state index is 0.0593. The van der Waals surface area contributed by atoms with Crippen molar-refractivity contribution in [2.75, 3.05) is 53.7 Å². The van der Waals surface area contributed by atoms with Gasteiger partial charge in [-0.25, -0.2) is 9.78 Å². The maximum Gasteiger partial charge on any atom is 0.355 e. The summed E-state index contributed by atoms with van der Waals surface area (Å²) in [6.45, 7) is 5.10. The molecule has 1 aromatic carbocycles. The van der Waals surface area contributed by atoms with E-state index in [1.54, 1.807) is 17.6 Å². The molecule has 0 aliphatic carbocycles. The molecule has 0 radical (unpaired) electrons. The summed E-state index contributed by atoms with van der Waals surface area (Å²) >= 11 is 0. The smallest absolute Gasteiger partial charge is 0.355 e. The van der Waals surface area contributed by atoms with Crippen molar-refractivity contribution < 1.29 is 51.8 Å². The maximum atomic E-state index is 13.9. The van der Waals surface area contributed by atoms with Crippen LogP contribution in [-0.4, -0.2) is 91.7 Å². The van der Waals surface area contributed by atoms with Crippen molar-refractivity contribution in [3.63, 3.8) is 0 Å². The quantitative estimate of drug-likeness (QED) is 0.0139. The highest BCUT2D eigenvalue weighted by molar-refractivity contribution is 7.51. The van der Waals surface area contributed by atoms with E-state index in [0.29, 0.717) is 78.8 Å². The number of cyclic esters (lactones) is 1. The summed E-state index contributed by atoms with van der Waals surface area (Å²) in [4.78, 5) is 71.3. The fourth-order valence-corrected chi connectivity index (χ4v) is 10.6. The second kappa shape index (κ2) is 28.9. The number of esters is 3. The van der Waals surface area contributed by atoms with Gasteiger partial charge in [-0.15, -0.1) is 0 Å². The summed E-state index contributed by atoms with van der Waals surface area (Å²) in [7, 11) is 1.89. The molecule has 0 spiro atoms. The Bertz CT molecular complexity index is 2240. The number of aromatic nitrogens is 2. The van der Waals surface area contributed by atoms with E-state index in [1.165, 1.54) is 77.0 Å². The van der Waals surface area contributed by atoms with Crippen molar-refractivity contribution in [3.8, 4) is 11.4 Å². The molecular formula is C55H84N3O11P. The van der Waals surface area contributed by atoms with Gasteiger partial charge in [-0.3, -0.25) is 14.4 Å². The first kappa shape index (κ1) is 57.0. The van der Waals surface area contributed by atoms with Gasteiger partial charge < -0.3 is 42.0 Å². The number of quaternary nitrogens is 1. The van der Waals surface area contributed by atoms with Crippen LogP contribution in [0.1, 0.15) is 185 Å². The molecule has 2 aromatic heterocycles. The molecule has 390 valence electrons. The van der Waals surface area contributed by atoms with Gasteiger partial charge in [0.25, 0.3) is 5.56 Å². The van der Waals surface area contributed by atoms with E-state index in [-0.39, 0.29) is 50.8 Å². The third-order valence-electron chi connectivity index (χ3n) is 13.6. The van der Waals surface area contributed by atoms with Crippen LogP contribution in [0.15, 0.2) is 41.2 Å². The van der Waals surface area contributed by atoms with Crippen molar-refractivity contribution in [2.45, 2.75) is 193 Å². The van der Waals surface area contributed by atoms with Crippen LogP contribution in [-0.2, 0) is 61.2 Å². The van der Waals surface area contributed by atoms with E-state index in [2.05, 4.69) is 6.92 Å². The molecule has 2 aliphatic rings. The Hall–Kier alpha value is -3.94. The first-order valence-corrected chi connectivity index (χ1v) is 28.5. The zero-order valence-electron chi connectivity index (χ0n) is 43.2. The predicted molar refractivity (Wildman–Crippen MR) is 272 cm³/mol. The highest BCUT2D eigenvalue weighted by Gasteiger charge is 2.50. The third-order valence-corrected chi connectivity index (χ3v) is 15.1. The van der Waals surface area contributed by atoms with Crippen molar-refractivity contribution in [2.24, 2.45) is 0 Å². The number of para-hydroxylation sites is 1. The summed E-state index contributed by atoms with van der Waals surface area (Å²) < 4.78 is 43.5. The number of ether oxygens (including phenoxy) is 4. The van der Waals surface area contributed by atoms with Crippen LogP contribution in [0.4, 0.5) is 0 Å². The monoisotopic (exact) mass is 994 g/mol. The van der Waals surface area contributed by atoms with Gasteiger partial charge in [-0.05, 0) is 43.9 Å². The second-order valence-corrected chi connectivity index (χ2v) is 22.6. The summed E-state index contributed by atoms with van der Waals surface area (Å²) in [5.41, 5.74) is 1.53. The SMILES string of the molecule is CCCCCCCCCCCCCCCCCOCC(COP(=O)([O-])CCC[N+](C)(C)C)OC(=O)CCCCCCCC(=O)O[C@]1(CC)C(=O)OCc2c1cc1n(c2=O)Cc2cc3ccccc3nc2-1. The fourth-order valence-electron chi connectivity index (χ4n) is 9.55. The molecule has 2 unspecified atom stereocenters. The molecule has 0 fully saturated rings. The summed E-state index contributed by atoms with van der Waals surface area (Å²) in [6, 6.07) is 11.5. The lowest BCUT2D eigenvalue weighted by molar-refractivity contribution is -0.870. The predicted octanol–water partition coefficient (Wildman–Crippen LogP) is 10.8. The van der Waals surface area contributed by atoms with Gasteiger partial charge in [-0.1, -0.05) is 141 Å². The van der Waals surface area contributed by atoms with Gasteiger partial charge in [0.15, 0.2) is 0 Å². The number of hydrogen-bond acceptors (Lipinski definition) is 12. The summed E-state index contributed by atoms with van der Waals surface area (Å²) in [6.07, 6.45) is 22.1. The van der Waals surface area contributed by atoms with Crippen LogP contribution in [0.3, 0.4) is 0 Å². The molecule has 3 atom stereocenters. The summed E-state index contributed by atoms with van der Waals surface area (Å²) in [5.74, 6) is -1.71. The standard InChI is InChI=1S/C55H84N3O11P/c1-6-8-9-10-11-12-13-14-15-16-17-18-19-23-28-35-65-40-45(41-67-70(63,64)36-29-34-58(3,4)5)68-50(59)32-24-21-20-22-25-33-51(60)69-55(7-2)47-38-49-52-44(37-43-30-26-27-31-48(43)56-52)39-57(49)53(61)46(47)42-66-54(55)62/h26-27,30-31,37-38,45H,6-25,28-29,32-36,39-42H2,1-5H3/t45?,55-/m0/s1. The second-order valence-electron chi connectivity index (χ2n) is 20.6. The molecule has 0 amide bonds. The average molecular weight is 994 g/mol. The van der Waals surface area contributed by atoms with E-state index in [4.69, 9.17) is 28.5 Å². The van der Waals surface area contributed by atoms with Crippen LogP contribution < -0.4 is 10.5 Å². The van der Waals surface area contributed by atoms with E-state index < -0.39 is 37.2 Å². The lowest BCUT2D eigenvalue weighted by Gasteiger charge is -2.35. The van der Waals surface area contributed by atoms with E-state index in [9.17, 15) is 28.6 Å². The highest BCUT2D eigenvalue weighted by Crippen LogP contribution is 2.41. The number of carbonyl (C=O) groups is 3. The third kappa shape index (κ3) is 18.0. The van der Waals surface area contributed by atoms with Crippen molar-refractivity contribution in [3.05, 3.63) is 63.4 Å². The number of benzene rings is 1. The molecule has 0 bridgehead atoms. The molecule has 0 saturated heterocycles. The molecule has 15 heteroatoms. The zero-order valence-corrected chi connectivity index (χ0v) is 44.1. The molecule has 14 nitrogen and oxygen atoms in total. The summed E-state index contributed by atoms with van der Waals surface area (Å²) in [5, 5.41) is 0.967. The van der Waals surface area contributed by atoms with Gasteiger partial charge in [-0.2, -0.15) is 0 Å². The fraction of sp³-hybridized carbons (Fsp3) is 0.691.